The van der Waals surface area contributed by atoms with Crippen LogP contribution < -0.4 is 0 Å². The Balaban J connectivity index is 1.72. The van der Waals surface area contributed by atoms with Crippen LogP contribution in [0.2, 0.25) is 0 Å². The Labute approximate surface area is 119 Å². The minimum atomic E-state index is 0.225. The van der Waals surface area contributed by atoms with Crippen molar-refractivity contribution in [2.24, 2.45) is 0 Å². The summed E-state index contributed by atoms with van der Waals surface area (Å²) in [6.07, 6.45) is 3.94. The highest BCUT2D eigenvalue weighted by atomic mass is 16.3. The van der Waals surface area contributed by atoms with Crippen LogP contribution in [-0.4, -0.2) is 34.2 Å². The molecule has 1 aliphatic heterocycles. The first-order valence-electron chi connectivity index (χ1n) is 7.12. The summed E-state index contributed by atoms with van der Waals surface area (Å²) in [5, 5.41) is 9.34. The van der Waals surface area contributed by atoms with Crippen LogP contribution in [0.15, 0.2) is 34.9 Å². The van der Waals surface area contributed by atoms with E-state index in [1.165, 1.54) is 5.56 Å². The second kappa shape index (κ2) is 5.77. The van der Waals surface area contributed by atoms with Crippen LogP contribution in [0, 0.1) is 6.92 Å². The number of hydrogen-bond donors (Lipinski definition) is 1. The monoisotopic (exact) mass is 272 g/mol. The zero-order valence-corrected chi connectivity index (χ0v) is 11.7. The van der Waals surface area contributed by atoms with Gasteiger partial charge in [-0.15, -0.1) is 0 Å². The number of nitrogens with zero attached hydrogens (tertiary/aromatic N) is 2. The summed E-state index contributed by atoms with van der Waals surface area (Å²) >= 11 is 0. The maximum atomic E-state index is 9.34. The molecular weight excluding hydrogens is 252 g/mol. The molecule has 0 spiro atoms. The first-order chi connectivity index (χ1) is 9.76. The fourth-order valence-corrected chi connectivity index (χ4v) is 2.73. The van der Waals surface area contributed by atoms with Gasteiger partial charge in [0.15, 0.2) is 0 Å². The van der Waals surface area contributed by atoms with E-state index in [0.29, 0.717) is 5.89 Å². The third-order valence-corrected chi connectivity index (χ3v) is 3.93. The Morgan fingerprint density at radius 3 is 2.90 bits per heavy atom. The van der Waals surface area contributed by atoms with Gasteiger partial charge in [-0.05, 0) is 38.4 Å². The summed E-state index contributed by atoms with van der Waals surface area (Å²) in [6, 6.07) is 8.44. The molecule has 1 fully saturated rings. The normalized spacial score (nSPS) is 19.6. The minimum absolute atomic E-state index is 0.225. The Bertz CT molecular complexity index is 562. The molecule has 0 saturated carbocycles. The number of oxazole rings is 1. The summed E-state index contributed by atoms with van der Waals surface area (Å²) in [6.45, 7) is 4.06. The molecule has 1 N–H and O–H groups in total. The second-order valence-electron chi connectivity index (χ2n) is 5.46. The number of aryl methyl sites for hydroxylation is 1. The Kier molecular flexibility index (Phi) is 3.85. The molecule has 1 aromatic carbocycles. The van der Waals surface area contributed by atoms with Crippen LogP contribution in [-0.2, 0) is 6.54 Å². The van der Waals surface area contributed by atoms with Crippen molar-refractivity contribution in [1.82, 2.24) is 9.88 Å². The van der Waals surface area contributed by atoms with Gasteiger partial charge in [-0.1, -0.05) is 17.7 Å². The molecule has 0 aliphatic carbocycles. The van der Waals surface area contributed by atoms with E-state index in [4.69, 9.17) is 4.42 Å². The van der Waals surface area contributed by atoms with Crippen molar-refractivity contribution >= 4 is 0 Å². The van der Waals surface area contributed by atoms with E-state index in [-0.39, 0.29) is 12.6 Å². The number of rotatable bonds is 4. The molecule has 4 nitrogen and oxygen atoms in total. The van der Waals surface area contributed by atoms with Gasteiger partial charge in [0.1, 0.15) is 6.26 Å². The third kappa shape index (κ3) is 2.76. The predicted octanol–water partition coefficient (Wildman–Crippen LogP) is 2.61. The molecule has 1 aliphatic rings. The fourth-order valence-electron chi connectivity index (χ4n) is 2.73. The largest absolute Gasteiger partial charge is 0.444 e. The van der Waals surface area contributed by atoms with Gasteiger partial charge in [-0.25, -0.2) is 4.98 Å². The number of likely N-dealkylation sites (tertiary alicyclic amines) is 1. The highest BCUT2D eigenvalue weighted by molar-refractivity contribution is 5.53. The maximum absolute atomic E-state index is 9.34. The topological polar surface area (TPSA) is 49.5 Å². The van der Waals surface area contributed by atoms with E-state index in [1.807, 2.05) is 12.1 Å². The molecule has 20 heavy (non-hydrogen) atoms. The maximum Gasteiger partial charge on any atom is 0.226 e. The molecule has 2 heterocycles. The molecule has 4 heteroatoms. The van der Waals surface area contributed by atoms with Crippen LogP contribution in [0.4, 0.5) is 0 Å². The molecule has 0 radical (unpaired) electrons. The molecule has 2 aromatic rings. The third-order valence-electron chi connectivity index (χ3n) is 3.93. The van der Waals surface area contributed by atoms with E-state index in [0.717, 1.165) is 37.2 Å². The van der Waals surface area contributed by atoms with Crippen molar-refractivity contribution in [3.8, 4) is 11.5 Å². The highest BCUT2D eigenvalue weighted by Gasteiger charge is 2.24. The molecule has 1 unspecified atom stereocenters. The van der Waals surface area contributed by atoms with Crippen molar-refractivity contribution in [3.63, 3.8) is 0 Å². The van der Waals surface area contributed by atoms with Gasteiger partial charge in [0.25, 0.3) is 0 Å². The van der Waals surface area contributed by atoms with Crippen molar-refractivity contribution in [3.05, 3.63) is 41.8 Å². The number of hydrogen-bond acceptors (Lipinski definition) is 4. The zero-order chi connectivity index (χ0) is 13.9. The highest BCUT2D eigenvalue weighted by Crippen LogP contribution is 2.22. The molecule has 0 bridgehead atoms. The lowest BCUT2D eigenvalue weighted by molar-refractivity contribution is 0.152. The zero-order valence-electron chi connectivity index (χ0n) is 11.7. The lowest BCUT2D eigenvalue weighted by Gasteiger charge is -2.20. The van der Waals surface area contributed by atoms with Gasteiger partial charge < -0.3 is 9.52 Å². The smallest absolute Gasteiger partial charge is 0.226 e. The minimum Gasteiger partial charge on any atom is -0.444 e. The molecule has 1 atom stereocenters. The Hall–Kier alpha value is -1.65. The fraction of sp³-hybridized carbons (Fsp3) is 0.438. The summed E-state index contributed by atoms with van der Waals surface area (Å²) in [7, 11) is 0. The van der Waals surface area contributed by atoms with Gasteiger partial charge in [0, 0.05) is 18.2 Å². The van der Waals surface area contributed by atoms with Crippen LogP contribution >= 0.6 is 0 Å². The van der Waals surface area contributed by atoms with Gasteiger partial charge in [-0.2, -0.15) is 0 Å². The second-order valence-corrected chi connectivity index (χ2v) is 5.46. The van der Waals surface area contributed by atoms with Crippen molar-refractivity contribution in [2.75, 3.05) is 13.2 Å². The summed E-state index contributed by atoms with van der Waals surface area (Å²) in [4.78, 5) is 6.83. The van der Waals surface area contributed by atoms with E-state index in [1.54, 1.807) is 6.26 Å². The SMILES string of the molecule is Cc1ccc(-c2nc(CN3CCCC3CO)co2)cc1. The first kappa shape index (κ1) is 13.3. The van der Waals surface area contributed by atoms with Crippen molar-refractivity contribution < 1.29 is 9.52 Å². The molecule has 3 rings (SSSR count). The summed E-state index contributed by atoms with van der Waals surface area (Å²) in [5.41, 5.74) is 3.16. The average molecular weight is 272 g/mol. The number of benzene rings is 1. The lowest BCUT2D eigenvalue weighted by atomic mass is 10.1. The van der Waals surface area contributed by atoms with Gasteiger partial charge >= 0.3 is 0 Å². The summed E-state index contributed by atoms with van der Waals surface area (Å²) < 4.78 is 5.57. The van der Waals surface area contributed by atoms with Gasteiger partial charge in [0.05, 0.1) is 12.3 Å². The molecule has 1 aromatic heterocycles. The van der Waals surface area contributed by atoms with E-state index in [9.17, 15) is 5.11 Å². The summed E-state index contributed by atoms with van der Waals surface area (Å²) in [5.74, 6) is 0.666. The first-order valence-corrected chi connectivity index (χ1v) is 7.12. The average Bonchev–Trinajstić information content (AvgIpc) is 3.09. The Morgan fingerprint density at radius 2 is 2.15 bits per heavy atom. The van der Waals surface area contributed by atoms with Crippen LogP contribution in [0.25, 0.3) is 11.5 Å². The number of aliphatic hydroxyl groups excluding tert-OH is 1. The number of aliphatic hydroxyl groups is 1. The van der Waals surface area contributed by atoms with Crippen LogP contribution in [0.1, 0.15) is 24.1 Å². The number of aromatic nitrogens is 1. The molecule has 106 valence electrons. The Morgan fingerprint density at radius 1 is 1.35 bits per heavy atom. The van der Waals surface area contributed by atoms with Crippen molar-refractivity contribution in [1.29, 1.82) is 0 Å². The lowest BCUT2D eigenvalue weighted by Crippen LogP contribution is -2.31. The molecule has 1 saturated heterocycles. The van der Waals surface area contributed by atoms with E-state index < -0.39 is 0 Å². The quantitative estimate of drug-likeness (QED) is 0.929. The van der Waals surface area contributed by atoms with Crippen LogP contribution in [0.5, 0.6) is 0 Å². The van der Waals surface area contributed by atoms with E-state index >= 15 is 0 Å². The molecular formula is C16H20N2O2. The van der Waals surface area contributed by atoms with Crippen LogP contribution in [0.3, 0.4) is 0 Å². The predicted molar refractivity (Wildman–Crippen MR) is 77.2 cm³/mol. The molecule has 0 amide bonds. The van der Waals surface area contributed by atoms with Gasteiger partial charge in [0.2, 0.25) is 5.89 Å². The van der Waals surface area contributed by atoms with Gasteiger partial charge in [-0.3, -0.25) is 4.90 Å². The van der Waals surface area contributed by atoms with Crippen molar-refractivity contribution in [2.45, 2.75) is 32.4 Å². The standard InChI is InChI=1S/C16H20N2O2/c1-12-4-6-13(7-5-12)16-17-14(11-20-16)9-18-8-2-3-15(18)10-19/h4-7,11,15,19H,2-3,8-10H2,1H3. The van der Waals surface area contributed by atoms with E-state index in [2.05, 4.69) is 28.9 Å².